The van der Waals surface area contributed by atoms with E-state index in [-0.39, 0.29) is 0 Å². The molecule has 0 bridgehead atoms. The lowest BCUT2D eigenvalue weighted by Gasteiger charge is -2.32. The Labute approximate surface area is 124 Å². The zero-order valence-corrected chi connectivity index (χ0v) is 13.7. The summed E-state index contributed by atoms with van der Waals surface area (Å²) in [4.78, 5) is 4.61. The van der Waals surface area contributed by atoms with E-state index >= 15 is 0 Å². The zero-order valence-electron chi connectivity index (χ0n) is 13.7. The Morgan fingerprint density at radius 3 is 2.50 bits per heavy atom. The van der Waals surface area contributed by atoms with Gasteiger partial charge in [-0.1, -0.05) is 13.8 Å². The molecule has 1 rings (SSSR count). The highest BCUT2D eigenvalue weighted by Crippen LogP contribution is 2.29. The van der Waals surface area contributed by atoms with Crippen molar-refractivity contribution in [3.8, 4) is 0 Å². The number of rotatable bonds is 7. The first-order chi connectivity index (χ1) is 9.67. The number of aliphatic imine (C=N–C) groups is 1. The fraction of sp³-hybridized carbons (Fsp3) is 0.938. The second-order valence-corrected chi connectivity index (χ2v) is 6.11. The summed E-state index contributed by atoms with van der Waals surface area (Å²) in [7, 11) is 1.74. The summed E-state index contributed by atoms with van der Waals surface area (Å²) in [5.74, 6) is 2.71. The van der Waals surface area contributed by atoms with Crippen molar-refractivity contribution in [2.75, 3.05) is 26.8 Å². The number of nitrogens with zero attached hydrogens (tertiary/aromatic N) is 1. The summed E-state index contributed by atoms with van der Waals surface area (Å²) in [6.07, 6.45) is 6.21. The lowest BCUT2D eigenvalue weighted by Crippen LogP contribution is -2.45. The molecule has 20 heavy (non-hydrogen) atoms. The number of ether oxygens (including phenoxy) is 1. The Hall–Kier alpha value is -0.770. The van der Waals surface area contributed by atoms with E-state index in [0.29, 0.717) is 6.04 Å². The molecule has 1 saturated carbocycles. The molecule has 2 N–H and O–H groups in total. The molecule has 0 heterocycles. The lowest BCUT2D eigenvalue weighted by atomic mass is 9.80. The summed E-state index contributed by atoms with van der Waals surface area (Å²) >= 11 is 0. The molecule has 0 radical (unpaired) electrons. The Balaban J connectivity index is 2.34. The molecule has 0 aromatic carbocycles. The van der Waals surface area contributed by atoms with E-state index in [4.69, 9.17) is 4.74 Å². The molecule has 1 aliphatic carbocycles. The van der Waals surface area contributed by atoms with E-state index in [0.717, 1.165) is 43.9 Å². The van der Waals surface area contributed by atoms with E-state index in [9.17, 15) is 0 Å². The highest BCUT2D eigenvalue weighted by Gasteiger charge is 2.23. The fourth-order valence-electron chi connectivity index (χ4n) is 2.84. The molecular formula is C16H33N3O. The van der Waals surface area contributed by atoms with Crippen molar-refractivity contribution in [1.29, 1.82) is 0 Å². The summed E-state index contributed by atoms with van der Waals surface area (Å²) in [5, 5.41) is 6.93. The van der Waals surface area contributed by atoms with Crippen LogP contribution in [-0.2, 0) is 4.74 Å². The van der Waals surface area contributed by atoms with Gasteiger partial charge in [0.05, 0.1) is 0 Å². The molecule has 4 heteroatoms. The van der Waals surface area contributed by atoms with Crippen LogP contribution in [-0.4, -0.2) is 38.8 Å². The van der Waals surface area contributed by atoms with Crippen molar-refractivity contribution in [3.05, 3.63) is 0 Å². The Morgan fingerprint density at radius 2 is 1.95 bits per heavy atom. The SMILES string of the molecule is CCNC(=NCCCOC)NC1CCC(C(C)C)CC1. The summed E-state index contributed by atoms with van der Waals surface area (Å²) < 4.78 is 5.06. The first-order valence-electron chi connectivity index (χ1n) is 8.21. The quantitative estimate of drug-likeness (QED) is 0.429. The number of hydrogen-bond acceptors (Lipinski definition) is 2. The van der Waals surface area contributed by atoms with Crippen molar-refractivity contribution >= 4 is 5.96 Å². The molecule has 0 atom stereocenters. The van der Waals surface area contributed by atoms with Crippen LogP contribution in [0, 0.1) is 11.8 Å². The maximum atomic E-state index is 5.06. The number of hydrogen-bond donors (Lipinski definition) is 2. The van der Waals surface area contributed by atoms with Gasteiger partial charge in [-0.15, -0.1) is 0 Å². The van der Waals surface area contributed by atoms with Gasteiger partial charge in [-0.25, -0.2) is 0 Å². The molecule has 0 aliphatic heterocycles. The minimum Gasteiger partial charge on any atom is -0.385 e. The predicted octanol–water partition coefficient (Wildman–Crippen LogP) is 2.79. The maximum Gasteiger partial charge on any atom is 0.191 e. The highest BCUT2D eigenvalue weighted by molar-refractivity contribution is 5.80. The van der Waals surface area contributed by atoms with Crippen molar-refractivity contribution in [3.63, 3.8) is 0 Å². The largest absolute Gasteiger partial charge is 0.385 e. The Morgan fingerprint density at radius 1 is 1.25 bits per heavy atom. The van der Waals surface area contributed by atoms with Crippen LogP contribution < -0.4 is 10.6 Å². The third kappa shape index (κ3) is 6.60. The molecule has 0 spiro atoms. The van der Waals surface area contributed by atoms with Gasteiger partial charge >= 0.3 is 0 Å². The predicted molar refractivity (Wildman–Crippen MR) is 86.2 cm³/mol. The van der Waals surface area contributed by atoms with E-state index in [1.165, 1.54) is 25.7 Å². The first-order valence-corrected chi connectivity index (χ1v) is 8.21. The van der Waals surface area contributed by atoms with Crippen molar-refractivity contribution < 1.29 is 4.74 Å². The number of guanidine groups is 1. The van der Waals surface area contributed by atoms with Gasteiger partial charge < -0.3 is 15.4 Å². The van der Waals surface area contributed by atoms with E-state index in [1.54, 1.807) is 7.11 Å². The van der Waals surface area contributed by atoms with E-state index < -0.39 is 0 Å². The highest BCUT2D eigenvalue weighted by atomic mass is 16.5. The normalized spacial score (nSPS) is 23.9. The topological polar surface area (TPSA) is 45.7 Å². The van der Waals surface area contributed by atoms with Gasteiger partial charge in [-0.2, -0.15) is 0 Å². The van der Waals surface area contributed by atoms with Crippen LogP contribution in [0.4, 0.5) is 0 Å². The fourth-order valence-corrected chi connectivity index (χ4v) is 2.84. The lowest BCUT2D eigenvalue weighted by molar-refractivity contribution is 0.197. The average molecular weight is 283 g/mol. The van der Waals surface area contributed by atoms with Crippen LogP contribution in [0.25, 0.3) is 0 Å². The van der Waals surface area contributed by atoms with Crippen molar-refractivity contribution in [2.24, 2.45) is 16.8 Å². The van der Waals surface area contributed by atoms with Gasteiger partial charge in [0.15, 0.2) is 5.96 Å². The van der Waals surface area contributed by atoms with E-state index in [2.05, 4.69) is 36.4 Å². The van der Waals surface area contributed by atoms with Gasteiger partial charge in [0.2, 0.25) is 0 Å². The van der Waals surface area contributed by atoms with Gasteiger partial charge in [-0.3, -0.25) is 4.99 Å². The zero-order chi connectivity index (χ0) is 14.8. The Bertz CT molecular complexity index is 271. The van der Waals surface area contributed by atoms with Gasteiger partial charge in [-0.05, 0) is 50.9 Å². The summed E-state index contributed by atoms with van der Waals surface area (Å²) in [6.45, 7) is 9.33. The molecule has 0 amide bonds. The smallest absolute Gasteiger partial charge is 0.191 e. The third-order valence-corrected chi connectivity index (χ3v) is 4.18. The maximum absolute atomic E-state index is 5.06. The number of nitrogens with one attached hydrogen (secondary N) is 2. The van der Waals surface area contributed by atoms with Crippen molar-refractivity contribution in [2.45, 2.75) is 58.9 Å². The third-order valence-electron chi connectivity index (χ3n) is 4.18. The molecule has 1 fully saturated rings. The molecule has 0 aromatic rings. The second-order valence-electron chi connectivity index (χ2n) is 6.11. The minimum atomic E-state index is 0.588. The van der Waals surface area contributed by atoms with E-state index in [1.807, 2.05) is 0 Å². The summed E-state index contributed by atoms with van der Waals surface area (Å²) in [5.41, 5.74) is 0. The van der Waals surface area contributed by atoms with Gasteiger partial charge in [0, 0.05) is 32.8 Å². The van der Waals surface area contributed by atoms with Crippen LogP contribution in [0.2, 0.25) is 0 Å². The van der Waals surface area contributed by atoms with Crippen LogP contribution in [0.3, 0.4) is 0 Å². The molecule has 0 unspecified atom stereocenters. The number of methoxy groups -OCH3 is 1. The molecule has 1 aliphatic rings. The average Bonchev–Trinajstić information content (AvgIpc) is 2.44. The van der Waals surface area contributed by atoms with Crippen LogP contribution in [0.1, 0.15) is 52.9 Å². The standard InChI is InChI=1S/C16H33N3O/c1-5-17-16(18-11-6-12-20-4)19-15-9-7-14(8-10-15)13(2)3/h13-15H,5-12H2,1-4H3,(H2,17,18,19). The van der Waals surface area contributed by atoms with Crippen LogP contribution >= 0.6 is 0 Å². The molecule has 118 valence electrons. The molecule has 4 nitrogen and oxygen atoms in total. The molecule has 0 aromatic heterocycles. The van der Waals surface area contributed by atoms with Crippen molar-refractivity contribution in [1.82, 2.24) is 10.6 Å². The Kier molecular flexibility index (Phi) is 8.67. The van der Waals surface area contributed by atoms with Crippen LogP contribution in [0.5, 0.6) is 0 Å². The summed E-state index contributed by atoms with van der Waals surface area (Å²) in [6, 6.07) is 0.588. The monoisotopic (exact) mass is 283 g/mol. The molecular weight excluding hydrogens is 250 g/mol. The minimum absolute atomic E-state index is 0.588. The van der Waals surface area contributed by atoms with Gasteiger partial charge in [0.25, 0.3) is 0 Å². The van der Waals surface area contributed by atoms with Gasteiger partial charge in [0.1, 0.15) is 0 Å². The second kappa shape index (κ2) is 10.0. The van der Waals surface area contributed by atoms with Crippen LogP contribution in [0.15, 0.2) is 4.99 Å². The first kappa shape index (κ1) is 17.3. The molecule has 0 saturated heterocycles.